The average molecular weight is 748 g/mol. The van der Waals surface area contributed by atoms with Crippen LogP contribution < -0.4 is 36.3 Å². The highest BCUT2D eigenvalue weighted by Gasteiger charge is 2.12. The Labute approximate surface area is 294 Å². The van der Waals surface area contributed by atoms with E-state index in [0.29, 0.717) is 38.3 Å². The summed E-state index contributed by atoms with van der Waals surface area (Å²) in [6.45, 7) is 9.64. The monoisotopic (exact) mass is 745 g/mol. The molecule has 3 aromatic rings. The van der Waals surface area contributed by atoms with Gasteiger partial charge in [-0.05, 0) is 74.1 Å². The second kappa shape index (κ2) is 24.2. The third kappa shape index (κ3) is 20.8. The molecule has 22 heteroatoms. The number of ether oxygens (including phenoxy) is 5. The Balaban J connectivity index is 0.000000865. The molecule has 0 aliphatic carbocycles. The van der Waals surface area contributed by atoms with E-state index in [1.54, 1.807) is 0 Å². The number of nitrogens with two attached hydrogens (primary N) is 2. The van der Waals surface area contributed by atoms with Crippen molar-refractivity contribution in [2.45, 2.75) is 59.3 Å². The molecule has 0 saturated heterocycles. The summed E-state index contributed by atoms with van der Waals surface area (Å²) in [6.07, 6.45) is 0. The van der Waals surface area contributed by atoms with Crippen LogP contribution in [0, 0.1) is 0 Å². The van der Waals surface area contributed by atoms with E-state index in [4.69, 9.17) is 76.8 Å². The molecule has 0 radical (unpaired) electrons. The molecule has 3 aromatic heterocycles. The van der Waals surface area contributed by atoms with E-state index in [-0.39, 0.29) is 70.8 Å². The first-order valence-corrected chi connectivity index (χ1v) is 15.0. The van der Waals surface area contributed by atoms with E-state index in [0.717, 1.165) is 0 Å². The Kier molecular flexibility index (Phi) is 22.7. The first kappa shape index (κ1) is 44.0. The third-order valence-corrected chi connectivity index (χ3v) is 5.21. The molecule has 6 N–H and O–H groups in total. The number of aromatic nitrogens is 9. The lowest BCUT2D eigenvalue weighted by atomic mass is 10.3. The minimum Gasteiger partial charge on any atom is -0.467 e. The molecule has 0 fully saturated rings. The van der Waals surface area contributed by atoms with Crippen molar-refractivity contribution in [3.63, 3.8) is 0 Å². The third-order valence-electron chi connectivity index (χ3n) is 4.53. The van der Waals surface area contributed by atoms with Crippen molar-refractivity contribution in [2.75, 3.05) is 58.4 Å². The van der Waals surface area contributed by atoms with Crippen molar-refractivity contribution in [2.24, 2.45) is 11.5 Å². The second-order valence-electron chi connectivity index (χ2n) is 9.31. The molecule has 3 rings (SSSR count). The van der Waals surface area contributed by atoms with Gasteiger partial charge in [0.1, 0.15) is 0 Å². The quantitative estimate of drug-likeness (QED) is 0.175. The molecule has 4 atom stereocenters. The van der Waals surface area contributed by atoms with E-state index in [1.165, 1.54) is 21.3 Å². The molecule has 0 amide bonds. The maximum atomic E-state index is 5.81. The molecular weight excluding hydrogens is 704 g/mol. The molecule has 0 spiro atoms. The largest absolute Gasteiger partial charge is 0.467 e. The van der Waals surface area contributed by atoms with Gasteiger partial charge in [-0.3, -0.25) is 0 Å². The van der Waals surface area contributed by atoms with Crippen molar-refractivity contribution in [1.29, 1.82) is 0 Å². The highest BCUT2D eigenvalue weighted by molar-refractivity contribution is 6.31. The molecule has 0 aliphatic rings. The summed E-state index contributed by atoms with van der Waals surface area (Å²) < 4.78 is 25.3. The summed E-state index contributed by atoms with van der Waals surface area (Å²) in [6, 6.07) is 0.460. The van der Waals surface area contributed by atoms with E-state index < -0.39 is 0 Å². The van der Waals surface area contributed by atoms with Crippen LogP contribution in [0.2, 0.25) is 21.1 Å². The Morgan fingerprint density at radius 3 is 1.13 bits per heavy atom. The van der Waals surface area contributed by atoms with Gasteiger partial charge >= 0.3 is 18.0 Å². The number of hydrogen-bond acceptors (Lipinski definition) is 18. The summed E-state index contributed by atoms with van der Waals surface area (Å²) >= 11 is 22.4. The van der Waals surface area contributed by atoms with Crippen LogP contribution in [0.15, 0.2) is 0 Å². The van der Waals surface area contributed by atoms with Crippen LogP contribution in [0.1, 0.15) is 35.1 Å². The van der Waals surface area contributed by atoms with Crippen LogP contribution in [-0.4, -0.2) is 117 Å². The molecule has 18 nitrogen and oxygen atoms in total. The number of nitrogens with one attached hydrogen (secondary N) is 2. The predicted molar refractivity (Wildman–Crippen MR) is 181 cm³/mol. The zero-order valence-corrected chi connectivity index (χ0v) is 29.4. The van der Waals surface area contributed by atoms with Gasteiger partial charge in [-0.25, -0.2) is 0 Å². The Morgan fingerprint density at radius 1 is 0.511 bits per heavy atom. The van der Waals surface area contributed by atoms with Gasteiger partial charge in [0.25, 0.3) is 0 Å². The standard InChI is InChI=1S/C14H20Cl2N8O3.C6H16N2O.C4H3Cl2N3O.CH4/c1-7(17-11-19-9(15)21-13(23-11)25-3)5-27-6-8(2)18-12-20-10(16)22-14(24-12)26-4;1-5(7)3-9-4-6(2)8;1-10-4-8-2(5)7-3(6)9-4;/h7-8H,5-6H2,1-4H3,(H,17,19,21,23)(H,18,20,22,24);5-6H,3-4,7-8H2,1-2H3;1H3;1H4. The predicted octanol–water partition coefficient (Wildman–Crippen LogP) is 3.22. The highest BCUT2D eigenvalue weighted by Crippen LogP contribution is 2.13. The molecule has 47 heavy (non-hydrogen) atoms. The van der Waals surface area contributed by atoms with Gasteiger partial charge in [0.05, 0.1) is 47.8 Å². The van der Waals surface area contributed by atoms with Crippen LogP contribution in [0.25, 0.3) is 0 Å². The fraction of sp³-hybridized carbons (Fsp3) is 0.640. The van der Waals surface area contributed by atoms with Gasteiger partial charge in [-0.2, -0.15) is 44.9 Å². The van der Waals surface area contributed by atoms with Crippen LogP contribution in [-0.2, 0) is 9.47 Å². The van der Waals surface area contributed by atoms with Crippen molar-refractivity contribution >= 4 is 58.3 Å². The SMILES string of the molecule is C.CC(N)COCC(C)N.COc1nc(Cl)nc(Cl)n1.COc1nc(Cl)nc(NC(C)COCC(C)Nc2nc(Cl)nc(OC)n2)n1. The number of hydrogen-bond donors (Lipinski definition) is 4. The van der Waals surface area contributed by atoms with Crippen molar-refractivity contribution in [3.8, 4) is 18.0 Å². The Bertz CT molecular complexity index is 1210. The smallest absolute Gasteiger partial charge is 0.322 e. The summed E-state index contributed by atoms with van der Waals surface area (Å²) in [4.78, 5) is 34.4. The van der Waals surface area contributed by atoms with Crippen molar-refractivity contribution in [1.82, 2.24) is 44.9 Å². The van der Waals surface area contributed by atoms with Crippen molar-refractivity contribution in [3.05, 3.63) is 21.1 Å². The Morgan fingerprint density at radius 2 is 0.809 bits per heavy atom. The number of nitrogens with zero attached hydrogens (tertiary/aromatic N) is 9. The minimum absolute atomic E-state index is 0. The second-order valence-corrected chi connectivity index (χ2v) is 10.7. The first-order valence-electron chi connectivity index (χ1n) is 13.5. The zero-order chi connectivity index (χ0) is 34.6. The number of rotatable bonds is 15. The number of anilines is 2. The van der Waals surface area contributed by atoms with Gasteiger partial charge in [-0.15, -0.1) is 0 Å². The highest BCUT2D eigenvalue weighted by atomic mass is 35.5. The normalized spacial score (nSPS) is 12.8. The lowest BCUT2D eigenvalue weighted by Gasteiger charge is -2.17. The molecule has 0 saturated carbocycles. The molecule has 0 aromatic carbocycles. The number of halogens is 4. The number of methoxy groups -OCH3 is 3. The fourth-order valence-electron chi connectivity index (χ4n) is 2.76. The molecule has 4 unspecified atom stereocenters. The minimum atomic E-state index is -0.0768. The fourth-order valence-corrected chi connectivity index (χ4v) is 3.41. The van der Waals surface area contributed by atoms with Crippen LogP contribution in [0.5, 0.6) is 18.0 Å². The van der Waals surface area contributed by atoms with Crippen LogP contribution in [0.4, 0.5) is 11.9 Å². The lowest BCUT2D eigenvalue weighted by molar-refractivity contribution is 0.115. The lowest BCUT2D eigenvalue weighted by Crippen LogP contribution is -2.28. The summed E-state index contributed by atoms with van der Waals surface area (Å²) in [7, 11) is 4.32. The molecule has 266 valence electrons. The van der Waals surface area contributed by atoms with Gasteiger partial charge < -0.3 is 45.8 Å². The molecule has 0 bridgehead atoms. The van der Waals surface area contributed by atoms with Crippen LogP contribution >= 0.6 is 46.4 Å². The Hall–Kier alpha value is -2.97. The van der Waals surface area contributed by atoms with Gasteiger partial charge in [-0.1, -0.05) is 7.43 Å². The van der Waals surface area contributed by atoms with E-state index in [1.807, 2.05) is 27.7 Å². The summed E-state index contributed by atoms with van der Waals surface area (Å²) in [5.41, 5.74) is 10.8. The topological polar surface area (TPSA) is 238 Å². The molecular formula is C25H43Cl4N13O5. The van der Waals surface area contributed by atoms with E-state index in [9.17, 15) is 0 Å². The summed E-state index contributed by atoms with van der Waals surface area (Å²) in [5, 5.41) is 6.27. The van der Waals surface area contributed by atoms with E-state index >= 15 is 0 Å². The van der Waals surface area contributed by atoms with Crippen LogP contribution in [0.3, 0.4) is 0 Å². The first-order chi connectivity index (χ1) is 21.7. The van der Waals surface area contributed by atoms with Gasteiger partial charge in [0.2, 0.25) is 33.0 Å². The zero-order valence-electron chi connectivity index (χ0n) is 26.4. The molecule has 3 heterocycles. The van der Waals surface area contributed by atoms with Crippen molar-refractivity contribution < 1.29 is 23.7 Å². The molecule has 0 aliphatic heterocycles. The summed E-state index contributed by atoms with van der Waals surface area (Å²) in [5.74, 6) is 0.613. The maximum absolute atomic E-state index is 5.81. The average Bonchev–Trinajstić information content (AvgIpc) is 2.96. The van der Waals surface area contributed by atoms with Gasteiger partial charge in [0.15, 0.2) is 0 Å². The maximum Gasteiger partial charge on any atom is 0.322 e. The van der Waals surface area contributed by atoms with Gasteiger partial charge in [0, 0.05) is 24.2 Å². The van der Waals surface area contributed by atoms with E-state index in [2.05, 4.69) is 60.2 Å².